The number of H-pyrrole nitrogens is 1. The molecule has 0 aliphatic rings. The molecule has 4 nitrogen and oxygen atoms in total. The molecule has 0 saturated carbocycles. The van der Waals surface area contributed by atoms with Crippen molar-refractivity contribution in [3.05, 3.63) is 45.7 Å². The van der Waals surface area contributed by atoms with E-state index in [9.17, 15) is 9.59 Å². The number of hydrogen-bond acceptors (Lipinski definition) is 3. The number of aryl methyl sites for hydroxylation is 1. The molecule has 106 valence electrons. The molecule has 4 heteroatoms. The fourth-order valence-electron chi connectivity index (χ4n) is 2.02. The molecular formula is C16H19NO3. The third kappa shape index (κ3) is 3.47. The second-order valence-electron chi connectivity index (χ2n) is 5.47. The molecule has 0 spiro atoms. The van der Waals surface area contributed by atoms with Crippen molar-refractivity contribution >= 4 is 16.9 Å². The van der Waals surface area contributed by atoms with Crippen molar-refractivity contribution in [2.24, 2.45) is 5.92 Å². The third-order valence-electron chi connectivity index (χ3n) is 3.04. The normalized spacial score (nSPS) is 11.0. The van der Waals surface area contributed by atoms with Crippen molar-refractivity contribution in [1.82, 2.24) is 4.98 Å². The van der Waals surface area contributed by atoms with Crippen molar-refractivity contribution in [1.29, 1.82) is 0 Å². The van der Waals surface area contributed by atoms with E-state index >= 15 is 0 Å². The summed E-state index contributed by atoms with van der Waals surface area (Å²) in [6.07, 6.45) is 0.366. The minimum absolute atomic E-state index is 0.0186. The molecule has 0 bridgehead atoms. The fraction of sp³-hybridized carbons (Fsp3) is 0.375. The summed E-state index contributed by atoms with van der Waals surface area (Å²) in [7, 11) is 0. The molecule has 2 aromatic rings. The Morgan fingerprint density at radius 2 is 2.05 bits per heavy atom. The Hall–Kier alpha value is -2.10. The average Bonchev–Trinajstić information content (AvgIpc) is 2.35. The summed E-state index contributed by atoms with van der Waals surface area (Å²) in [5.41, 5.74) is 2.15. The van der Waals surface area contributed by atoms with E-state index in [2.05, 4.69) is 4.98 Å². The standard InChI is InChI=1S/C16H19NO3/c1-10(2)6-15(18)20-9-13-8-12-5-4-11(3)7-14(12)17-16(13)19/h4-5,7-8,10H,6,9H2,1-3H3,(H,17,19). The maximum atomic E-state index is 11.9. The van der Waals surface area contributed by atoms with Crippen LogP contribution in [0.25, 0.3) is 10.9 Å². The second-order valence-corrected chi connectivity index (χ2v) is 5.47. The van der Waals surface area contributed by atoms with Gasteiger partial charge in [0.05, 0.1) is 5.56 Å². The van der Waals surface area contributed by atoms with Crippen molar-refractivity contribution < 1.29 is 9.53 Å². The van der Waals surface area contributed by atoms with Crippen LogP contribution in [0.1, 0.15) is 31.4 Å². The Balaban J connectivity index is 2.18. The number of fused-ring (bicyclic) bond motifs is 1. The lowest BCUT2D eigenvalue weighted by atomic mass is 10.1. The van der Waals surface area contributed by atoms with Gasteiger partial charge in [-0.2, -0.15) is 0 Å². The highest BCUT2D eigenvalue weighted by Gasteiger charge is 2.09. The maximum absolute atomic E-state index is 11.9. The van der Waals surface area contributed by atoms with Crippen LogP contribution in [0.3, 0.4) is 0 Å². The zero-order valence-electron chi connectivity index (χ0n) is 12.0. The predicted octanol–water partition coefficient (Wildman–Crippen LogP) is 2.93. The highest BCUT2D eigenvalue weighted by molar-refractivity contribution is 5.79. The van der Waals surface area contributed by atoms with Gasteiger partial charge < -0.3 is 9.72 Å². The Labute approximate surface area is 117 Å². The first-order valence-corrected chi connectivity index (χ1v) is 6.74. The lowest BCUT2D eigenvalue weighted by molar-refractivity contribution is -0.145. The van der Waals surface area contributed by atoms with E-state index in [-0.39, 0.29) is 24.1 Å². The van der Waals surface area contributed by atoms with E-state index in [1.54, 1.807) is 6.07 Å². The van der Waals surface area contributed by atoms with E-state index in [0.717, 1.165) is 16.5 Å². The summed E-state index contributed by atoms with van der Waals surface area (Å²) < 4.78 is 5.13. The van der Waals surface area contributed by atoms with Crippen LogP contribution in [0.15, 0.2) is 29.1 Å². The molecule has 1 aromatic carbocycles. The molecule has 1 heterocycles. The average molecular weight is 273 g/mol. The van der Waals surface area contributed by atoms with Gasteiger partial charge in [-0.05, 0) is 35.9 Å². The first-order valence-electron chi connectivity index (χ1n) is 6.74. The number of carbonyl (C=O) groups excluding carboxylic acids is 1. The van der Waals surface area contributed by atoms with Crippen LogP contribution in [0.2, 0.25) is 0 Å². The number of rotatable bonds is 4. The molecule has 0 atom stereocenters. The Morgan fingerprint density at radius 1 is 1.30 bits per heavy atom. The Kier molecular flexibility index (Phi) is 4.23. The number of aromatic nitrogens is 1. The maximum Gasteiger partial charge on any atom is 0.306 e. The molecule has 20 heavy (non-hydrogen) atoms. The molecule has 0 amide bonds. The van der Waals surface area contributed by atoms with Crippen LogP contribution >= 0.6 is 0 Å². The minimum atomic E-state index is -0.275. The fourth-order valence-corrected chi connectivity index (χ4v) is 2.02. The minimum Gasteiger partial charge on any atom is -0.461 e. The number of pyridine rings is 1. The highest BCUT2D eigenvalue weighted by Crippen LogP contribution is 2.13. The molecule has 0 saturated heterocycles. The SMILES string of the molecule is Cc1ccc2cc(COC(=O)CC(C)C)c(=O)[nH]c2c1. The van der Waals surface area contributed by atoms with Crippen molar-refractivity contribution in [2.75, 3.05) is 0 Å². The number of benzene rings is 1. The first kappa shape index (κ1) is 14.3. The van der Waals surface area contributed by atoms with E-state index in [1.807, 2.05) is 39.0 Å². The summed E-state index contributed by atoms with van der Waals surface area (Å²) in [5, 5.41) is 0.935. The Morgan fingerprint density at radius 3 is 2.75 bits per heavy atom. The van der Waals surface area contributed by atoms with Crippen molar-refractivity contribution in [2.45, 2.75) is 33.8 Å². The topological polar surface area (TPSA) is 59.2 Å². The Bertz CT molecular complexity index is 686. The zero-order valence-corrected chi connectivity index (χ0v) is 12.0. The van der Waals surface area contributed by atoms with Gasteiger partial charge in [0.25, 0.3) is 5.56 Å². The lowest BCUT2D eigenvalue weighted by Crippen LogP contribution is -2.16. The van der Waals surface area contributed by atoms with Gasteiger partial charge in [0.2, 0.25) is 0 Å². The monoisotopic (exact) mass is 273 g/mol. The second kappa shape index (κ2) is 5.90. The summed E-state index contributed by atoms with van der Waals surface area (Å²) >= 11 is 0. The number of carbonyl (C=O) groups is 1. The summed E-state index contributed by atoms with van der Waals surface area (Å²) in [6.45, 7) is 5.89. The van der Waals surface area contributed by atoms with Gasteiger partial charge in [-0.1, -0.05) is 26.0 Å². The largest absolute Gasteiger partial charge is 0.461 e. The van der Waals surface area contributed by atoms with Crippen molar-refractivity contribution in [3.8, 4) is 0 Å². The van der Waals surface area contributed by atoms with E-state index < -0.39 is 0 Å². The van der Waals surface area contributed by atoms with Crippen LogP contribution in [0.5, 0.6) is 0 Å². The number of esters is 1. The van der Waals surface area contributed by atoms with Crippen LogP contribution in [0.4, 0.5) is 0 Å². The van der Waals surface area contributed by atoms with Gasteiger partial charge >= 0.3 is 5.97 Å². The van der Waals surface area contributed by atoms with Crippen LogP contribution in [-0.2, 0) is 16.1 Å². The number of aromatic amines is 1. The third-order valence-corrected chi connectivity index (χ3v) is 3.04. The van der Waals surface area contributed by atoms with E-state index in [0.29, 0.717) is 12.0 Å². The molecular weight excluding hydrogens is 254 g/mol. The summed E-state index contributed by atoms with van der Waals surface area (Å²) in [6, 6.07) is 7.62. The quantitative estimate of drug-likeness (QED) is 0.871. The van der Waals surface area contributed by atoms with Crippen LogP contribution < -0.4 is 5.56 Å². The molecule has 2 rings (SSSR count). The van der Waals surface area contributed by atoms with Crippen molar-refractivity contribution in [3.63, 3.8) is 0 Å². The summed E-state index contributed by atoms with van der Waals surface area (Å²) in [4.78, 5) is 26.3. The lowest BCUT2D eigenvalue weighted by Gasteiger charge is -2.07. The van der Waals surface area contributed by atoms with Gasteiger partial charge in [-0.25, -0.2) is 0 Å². The molecule has 1 aromatic heterocycles. The van der Waals surface area contributed by atoms with Crippen LogP contribution in [-0.4, -0.2) is 11.0 Å². The van der Waals surface area contributed by atoms with E-state index in [4.69, 9.17) is 4.74 Å². The highest BCUT2D eigenvalue weighted by atomic mass is 16.5. The predicted molar refractivity (Wildman–Crippen MR) is 78.6 cm³/mol. The summed E-state index contributed by atoms with van der Waals surface area (Å²) in [5.74, 6) is -0.0243. The molecule has 0 unspecified atom stereocenters. The van der Waals surface area contributed by atoms with Gasteiger partial charge in [0.1, 0.15) is 6.61 Å². The number of ether oxygens (including phenoxy) is 1. The van der Waals surface area contributed by atoms with E-state index in [1.165, 1.54) is 0 Å². The number of nitrogens with one attached hydrogen (secondary N) is 1. The molecule has 1 N–H and O–H groups in total. The van der Waals surface area contributed by atoms with Gasteiger partial charge in [0, 0.05) is 11.9 Å². The van der Waals surface area contributed by atoms with Gasteiger partial charge in [-0.15, -0.1) is 0 Å². The number of hydrogen-bond donors (Lipinski definition) is 1. The smallest absolute Gasteiger partial charge is 0.306 e. The molecule has 0 aliphatic heterocycles. The van der Waals surface area contributed by atoms with Gasteiger partial charge in [0.15, 0.2) is 0 Å². The molecule has 0 fully saturated rings. The first-order chi connectivity index (χ1) is 9.45. The zero-order chi connectivity index (χ0) is 14.7. The van der Waals surface area contributed by atoms with Crippen LogP contribution in [0, 0.1) is 12.8 Å². The molecule has 0 radical (unpaired) electrons. The molecule has 0 aliphatic carbocycles. The van der Waals surface area contributed by atoms with Gasteiger partial charge in [-0.3, -0.25) is 9.59 Å².